The molecule has 1 heterocycles. The van der Waals surface area contributed by atoms with E-state index in [1.54, 1.807) is 25.1 Å². The number of carbonyl (C=O) groups excluding carboxylic acids is 1. The molecule has 0 spiro atoms. The Labute approximate surface area is 175 Å². The molecule has 0 aromatic heterocycles. The Kier molecular flexibility index (Phi) is 5.95. The van der Waals surface area contributed by atoms with Gasteiger partial charge in [0.25, 0.3) is 10.0 Å². The number of nitrogens with zero attached hydrogens (tertiary/aromatic N) is 1. The highest BCUT2D eigenvalue weighted by Crippen LogP contribution is 2.35. The summed E-state index contributed by atoms with van der Waals surface area (Å²) in [6, 6.07) is 10.3. The second kappa shape index (κ2) is 8.15. The van der Waals surface area contributed by atoms with Gasteiger partial charge in [-0.3, -0.25) is 9.52 Å². The van der Waals surface area contributed by atoms with Crippen LogP contribution in [-0.4, -0.2) is 42.2 Å². The third-order valence-corrected chi connectivity index (χ3v) is 7.72. The van der Waals surface area contributed by atoms with E-state index in [0.29, 0.717) is 16.7 Å². The highest BCUT2D eigenvalue weighted by atomic mass is 32.2. The molecule has 1 unspecified atom stereocenters. The van der Waals surface area contributed by atoms with Crippen LogP contribution in [0.3, 0.4) is 0 Å². The molecule has 1 aliphatic rings. The first-order valence-corrected chi connectivity index (χ1v) is 12.2. The topological polar surface area (TPSA) is 119 Å². The number of rotatable bonds is 7. The SMILES string of the molecule is CCOc1ccccc1NS(=O)(=O)c1cc(N2C(=O)C(C)CS2(=O)=O)ccc1OC. The highest BCUT2D eigenvalue weighted by Gasteiger charge is 2.42. The number of anilines is 2. The largest absolute Gasteiger partial charge is 0.495 e. The molecule has 1 amide bonds. The smallest absolute Gasteiger partial charge is 0.265 e. The summed E-state index contributed by atoms with van der Waals surface area (Å²) in [5.41, 5.74) is 0.147. The molecule has 1 saturated heterocycles. The zero-order chi connectivity index (χ0) is 22.1. The number of para-hydroxylation sites is 2. The number of ether oxygens (including phenoxy) is 2. The molecule has 2 aromatic carbocycles. The Morgan fingerprint density at radius 3 is 2.47 bits per heavy atom. The summed E-state index contributed by atoms with van der Waals surface area (Å²) in [6.07, 6.45) is 0. The van der Waals surface area contributed by atoms with Crippen LogP contribution in [0.5, 0.6) is 11.5 Å². The fourth-order valence-corrected chi connectivity index (χ4v) is 6.19. The van der Waals surface area contributed by atoms with Crippen molar-refractivity contribution in [3.8, 4) is 11.5 Å². The molecule has 1 atom stereocenters. The van der Waals surface area contributed by atoms with Crippen molar-refractivity contribution in [2.75, 3.05) is 28.5 Å². The Morgan fingerprint density at radius 2 is 1.87 bits per heavy atom. The molecule has 0 bridgehead atoms. The van der Waals surface area contributed by atoms with Gasteiger partial charge in [0.2, 0.25) is 15.9 Å². The molecule has 3 rings (SSSR count). The van der Waals surface area contributed by atoms with Gasteiger partial charge in [0.1, 0.15) is 16.4 Å². The quantitative estimate of drug-likeness (QED) is 0.681. The molecule has 0 radical (unpaired) electrons. The molecule has 30 heavy (non-hydrogen) atoms. The normalized spacial score (nSPS) is 18.3. The molecule has 1 N–H and O–H groups in total. The van der Waals surface area contributed by atoms with E-state index < -0.39 is 31.9 Å². The minimum atomic E-state index is -4.21. The molecule has 1 aliphatic heterocycles. The lowest BCUT2D eigenvalue weighted by atomic mass is 10.2. The van der Waals surface area contributed by atoms with Gasteiger partial charge in [0.05, 0.1) is 36.8 Å². The van der Waals surface area contributed by atoms with Gasteiger partial charge in [0, 0.05) is 0 Å². The van der Waals surface area contributed by atoms with Crippen molar-refractivity contribution in [2.45, 2.75) is 18.7 Å². The van der Waals surface area contributed by atoms with E-state index >= 15 is 0 Å². The molecular weight excluding hydrogens is 432 g/mol. The first-order chi connectivity index (χ1) is 14.1. The zero-order valence-corrected chi connectivity index (χ0v) is 18.3. The van der Waals surface area contributed by atoms with Crippen molar-refractivity contribution < 1.29 is 31.1 Å². The van der Waals surface area contributed by atoms with Crippen molar-refractivity contribution >= 4 is 37.3 Å². The van der Waals surface area contributed by atoms with Crippen LogP contribution in [0, 0.1) is 5.92 Å². The maximum absolute atomic E-state index is 13.1. The van der Waals surface area contributed by atoms with E-state index in [1.165, 1.54) is 32.2 Å². The van der Waals surface area contributed by atoms with E-state index in [2.05, 4.69) is 4.72 Å². The van der Waals surface area contributed by atoms with Crippen molar-refractivity contribution in [3.63, 3.8) is 0 Å². The fourth-order valence-electron chi connectivity index (χ4n) is 3.12. The van der Waals surface area contributed by atoms with E-state index in [1.807, 2.05) is 0 Å². The second-order valence-electron chi connectivity index (χ2n) is 6.65. The average molecular weight is 455 g/mol. The van der Waals surface area contributed by atoms with Gasteiger partial charge in [-0.1, -0.05) is 19.1 Å². The van der Waals surface area contributed by atoms with Crippen LogP contribution in [0.1, 0.15) is 13.8 Å². The van der Waals surface area contributed by atoms with Crippen LogP contribution >= 0.6 is 0 Å². The Balaban J connectivity index is 2.07. The molecule has 162 valence electrons. The maximum atomic E-state index is 13.1. The highest BCUT2D eigenvalue weighted by molar-refractivity contribution is 7.94. The molecule has 9 nitrogen and oxygen atoms in total. The van der Waals surface area contributed by atoms with Gasteiger partial charge in [0.15, 0.2) is 0 Å². The second-order valence-corrected chi connectivity index (χ2v) is 10.2. The number of sulfonamides is 2. The molecule has 0 saturated carbocycles. The fraction of sp³-hybridized carbons (Fsp3) is 0.316. The van der Waals surface area contributed by atoms with Gasteiger partial charge in [-0.2, -0.15) is 0 Å². The summed E-state index contributed by atoms with van der Waals surface area (Å²) in [4.78, 5) is 12.1. The van der Waals surface area contributed by atoms with Crippen LogP contribution in [0.25, 0.3) is 0 Å². The maximum Gasteiger partial charge on any atom is 0.265 e. The first-order valence-electron chi connectivity index (χ1n) is 9.10. The molecule has 0 aliphatic carbocycles. The lowest BCUT2D eigenvalue weighted by molar-refractivity contribution is -0.119. The standard InChI is InChI=1S/C19H22N2O7S2/c1-4-28-16-8-6-5-7-15(16)20-30(25,26)18-11-14(9-10-17(18)27-3)21-19(22)13(2)12-29(21,23)24/h5-11,13,20H,4,12H2,1-3H3. The lowest BCUT2D eigenvalue weighted by Crippen LogP contribution is -2.30. The third-order valence-electron chi connectivity index (χ3n) is 4.46. The van der Waals surface area contributed by atoms with E-state index in [9.17, 15) is 21.6 Å². The average Bonchev–Trinajstić information content (AvgIpc) is 2.89. The van der Waals surface area contributed by atoms with Gasteiger partial charge in [-0.05, 0) is 37.3 Å². The number of carbonyl (C=O) groups is 1. The summed E-state index contributed by atoms with van der Waals surface area (Å²) in [5.74, 6) is -1.33. The summed E-state index contributed by atoms with van der Waals surface area (Å²) in [6.45, 7) is 3.62. The van der Waals surface area contributed by atoms with Gasteiger partial charge in [-0.25, -0.2) is 21.1 Å². The van der Waals surface area contributed by atoms with Crippen molar-refractivity contribution in [3.05, 3.63) is 42.5 Å². The zero-order valence-electron chi connectivity index (χ0n) is 16.7. The van der Waals surface area contributed by atoms with Gasteiger partial charge >= 0.3 is 0 Å². The van der Waals surface area contributed by atoms with Crippen LogP contribution in [0.15, 0.2) is 47.4 Å². The van der Waals surface area contributed by atoms with Crippen LogP contribution < -0.4 is 18.5 Å². The van der Waals surface area contributed by atoms with Crippen LogP contribution in [0.2, 0.25) is 0 Å². The van der Waals surface area contributed by atoms with Crippen LogP contribution in [-0.2, 0) is 24.8 Å². The Bertz CT molecular complexity index is 1180. The van der Waals surface area contributed by atoms with Gasteiger partial charge in [-0.15, -0.1) is 0 Å². The van der Waals surface area contributed by atoms with E-state index in [0.717, 1.165) is 6.07 Å². The number of benzene rings is 2. The molecule has 2 aromatic rings. The summed E-state index contributed by atoms with van der Waals surface area (Å²) < 4.78 is 64.7. The van der Waals surface area contributed by atoms with Crippen molar-refractivity contribution in [1.82, 2.24) is 0 Å². The monoisotopic (exact) mass is 454 g/mol. The summed E-state index contributed by atoms with van der Waals surface area (Å²) in [5, 5.41) is 0. The van der Waals surface area contributed by atoms with Crippen LogP contribution in [0.4, 0.5) is 11.4 Å². The summed E-state index contributed by atoms with van der Waals surface area (Å²) >= 11 is 0. The van der Waals surface area contributed by atoms with E-state index in [-0.39, 0.29) is 27.8 Å². The van der Waals surface area contributed by atoms with Crippen molar-refractivity contribution in [2.24, 2.45) is 5.92 Å². The minimum absolute atomic E-state index is 0.00256. The van der Waals surface area contributed by atoms with Gasteiger partial charge < -0.3 is 9.47 Å². The van der Waals surface area contributed by atoms with E-state index in [4.69, 9.17) is 9.47 Å². The molecule has 1 fully saturated rings. The number of hydrogen-bond donors (Lipinski definition) is 1. The number of methoxy groups -OCH3 is 1. The Morgan fingerprint density at radius 1 is 1.17 bits per heavy atom. The number of amides is 1. The number of nitrogens with one attached hydrogen (secondary N) is 1. The predicted molar refractivity (Wildman–Crippen MR) is 112 cm³/mol. The summed E-state index contributed by atoms with van der Waals surface area (Å²) in [7, 11) is -6.80. The molecule has 11 heteroatoms. The number of hydrogen-bond acceptors (Lipinski definition) is 7. The van der Waals surface area contributed by atoms with Crippen molar-refractivity contribution in [1.29, 1.82) is 0 Å². The predicted octanol–water partition coefficient (Wildman–Crippen LogP) is 2.21. The minimum Gasteiger partial charge on any atom is -0.495 e. The molecular formula is C19H22N2O7S2. The first kappa shape index (κ1) is 21.9. The Hall–Kier alpha value is -2.79. The lowest BCUT2D eigenvalue weighted by Gasteiger charge is -2.19. The third kappa shape index (κ3) is 4.08.